The maximum atomic E-state index is 13.6. The zero-order chi connectivity index (χ0) is 21.7. The molecule has 0 heterocycles. The Hall–Kier alpha value is -1.19. The van der Waals surface area contributed by atoms with Gasteiger partial charge in [0.1, 0.15) is 0 Å². The topological polar surface area (TPSA) is 93.1 Å². The molecule has 0 atom stereocenters. The Balaban J connectivity index is 1.90. The molecule has 0 saturated carbocycles. The van der Waals surface area contributed by atoms with Crippen LogP contribution in [-0.4, -0.2) is 9.79 Å². The van der Waals surface area contributed by atoms with Gasteiger partial charge in [0.15, 0.2) is 0 Å². The second-order valence-electron chi connectivity index (χ2n) is 6.00. The van der Waals surface area contributed by atoms with E-state index < -0.39 is 32.6 Å². The lowest BCUT2D eigenvalue weighted by Crippen LogP contribution is -2.13. The van der Waals surface area contributed by atoms with Crippen LogP contribution in [0.3, 0.4) is 0 Å². The van der Waals surface area contributed by atoms with Crippen LogP contribution in [0.25, 0.3) is 0 Å². The Bertz CT molecular complexity index is 897. The SMILES string of the molecule is O=P(Cc1ccc(CSCc2ccc(C(F)(F)P(=O)(O)O)cc2)cc1)(OF)OF. The minimum atomic E-state index is -5.60. The molecule has 0 unspecified atom stereocenters. The summed E-state index contributed by atoms with van der Waals surface area (Å²) in [6.45, 7) is 0. The van der Waals surface area contributed by atoms with Crippen LogP contribution in [0, 0.1) is 0 Å². The summed E-state index contributed by atoms with van der Waals surface area (Å²) in [6, 6.07) is 11.0. The molecule has 0 aromatic heterocycles. The van der Waals surface area contributed by atoms with Gasteiger partial charge in [-0.15, -0.1) is 9.46 Å². The predicted octanol–water partition coefficient (Wildman–Crippen LogP) is 5.84. The Morgan fingerprint density at radius 1 is 0.828 bits per heavy atom. The van der Waals surface area contributed by atoms with E-state index in [1.165, 1.54) is 36.0 Å². The van der Waals surface area contributed by atoms with Crippen molar-refractivity contribution < 1.29 is 46.2 Å². The summed E-state index contributed by atoms with van der Waals surface area (Å²) >= 11 is 1.44. The van der Waals surface area contributed by atoms with Crippen LogP contribution < -0.4 is 0 Å². The van der Waals surface area contributed by atoms with Crippen LogP contribution in [-0.2, 0) is 41.9 Å². The zero-order valence-corrected chi connectivity index (χ0v) is 17.2. The van der Waals surface area contributed by atoms with Crippen molar-refractivity contribution in [2.24, 2.45) is 0 Å². The highest BCUT2D eigenvalue weighted by Gasteiger charge is 2.50. The van der Waals surface area contributed by atoms with Crippen molar-refractivity contribution in [2.75, 3.05) is 0 Å². The summed E-state index contributed by atoms with van der Waals surface area (Å²) in [5.41, 5.74) is -3.13. The maximum absolute atomic E-state index is 13.6. The van der Waals surface area contributed by atoms with Crippen LogP contribution in [0.2, 0.25) is 0 Å². The van der Waals surface area contributed by atoms with Crippen molar-refractivity contribution in [3.8, 4) is 0 Å². The molecular weight excluding hydrogens is 458 g/mol. The highest BCUT2D eigenvalue weighted by Crippen LogP contribution is 2.59. The van der Waals surface area contributed by atoms with E-state index in [-0.39, 0.29) is 0 Å². The fourth-order valence-corrected chi connectivity index (χ4v) is 4.50. The molecule has 0 bridgehead atoms. The van der Waals surface area contributed by atoms with E-state index in [0.717, 1.165) is 17.7 Å². The van der Waals surface area contributed by atoms with Gasteiger partial charge in [-0.25, -0.2) is 0 Å². The number of rotatable bonds is 10. The quantitative estimate of drug-likeness (QED) is 0.330. The normalized spacial score (nSPS) is 12.9. The largest absolute Gasteiger partial charge is 0.399 e. The summed E-state index contributed by atoms with van der Waals surface area (Å²) < 4.78 is 79.7. The van der Waals surface area contributed by atoms with Crippen molar-refractivity contribution in [1.82, 2.24) is 0 Å². The third kappa shape index (κ3) is 6.39. The molecule has 0 amide bonds. The summed E-state index contributed by atoms with van der Waals surface area (Å²) in [5.74, 6) is 0.974. The second-order valence-corrected chi connectivity index (χ2v) is 10.4. The van der Waals surface area contributed by atoms with Gasteiger partial charge in [-0.3, -0.25) is 9.13 Å². The second kappa shape index (κ2) is 9.75. The monoisotopic (exact) mass is 474 g/mol. The van der Waals surface area contributed by atoms with Crippen LogP contribution in [0.1, 0.15) is 22.3 Å². The van der Waals surface area contributed by atoms with E-state index in [0.29, 0.717) is 22.6 Å². The van der Waals surface area contributed by atoms with Crippen LogP contribution in [0.5, 0.6) is 0 Å². The van der Waals surface area contributed by atoms with Gasteiger partial charge < -0.3 is 9.79 Å². The molecule has 13 heteroatoms. The number of benzene rings is 2. The first-order valence-electron chi connectivity index (χ1n) is 7.89. The van der Waals surface area contributed by atoms with E-state index in [1.54, 1.807) is 12.1 Å². The van der Waals surface area contributed by atoms with Gasteiger partial charge in [-0.1, -0.05) is 48.5 Å². The van der Waals surface area contributed by atoms with Gasteiger partial charge in [0.2, 0.25) is 0 Å². The number of hydrogen-bond donors (Lipinski definition) is 2. The molecule has 0 aliphatic heterocycles. The van der Waals surface area contributed by atoms with Crippen LogP contribution >= 0.6 is 27.0 Å². The number of halogens is 4. The molecule has 29 heavy (non-hydrogen) atoms. The number of alkyl halides is 2. The van der Waals surface area contributed by atoms with Gasteiger partial charge >= 0.3 is 20.9 Å². The predicted molar refractivity (Wildman–Crippen MR) is 99.5 cm³/mol. The molecule has 2 N–H and O–H groups in total. The first kappa shape index (κ1) is 24.1. The summed E-state index contributed by atoms with van der Waals surface area (Å²) in [5, 5.41) is 0. The first-order valence-corrected chi connectivity index (χ1v) is 12.4. The molecule has 0 saturated heterocycles. The van der Waals surface area contributed by atoms with Gasteiger partial charge in [-0.05, 0) is 25.7 Å². The lowest BCUT2D eigenvalue weighted by molar-refractivity contribution is -0.0881. The zero-order valence-electron chi connectivity index (χ0n) is 14.6. The third-order valence-electron chi connectivity index (χ3n) is 3.81. The summed E-state index contributed by atoms with van der Waals surface area (Å²) in [7, 11) is -10.0. The molecule has 2 aromatic carbocycles. The van der Waals surface area contributed by atoms with Crippen molar-refractivity contribution in [3.63, 3.8) is 0 Å². The standard InChI is InChI=1S/C16H16F4O6P2S/c17-16(18,28(22,23)24)15-7-5-14(6-8-15)11-29-10-13-3-1-12(2-4-13)9-27(21,25-19)26-20/h1-8H,9-11H2,(H2,22,23,24). The molecule has 2 aromatic rings. The molecule has 0 spiro atoms. The minimum absolute atomic E-state index is 0.346. The minimum Gasteiger partial charge on any atom is -0.320 e. The average molecular weight is 474 g/mol. The highest BCUT2D eigenvalue weighted by atomic mass is 32.2. The molecule has 0 fully saturated rings. The van der Waals surface area contributed by atoms with E-state index in [1.807, 2.05) is 0 Å². The Morgan fingerprint density at radius 3 is 1.66 bits per heavy atom. The summed E-state index contributed by atoms with van der Waals surface area (Å²) in [4.78, 5) is 17.5. The van der Waals surface area contributed by atoms with Crippen molar-refractivity contribution in [3.05, 3.63) is 70.8 Å². The van der Waals surface area contributed by atoms with E-state index >= 15 is 0 Å². The van der Waals surface area contributed by atoms with Gasteiger partial charge in [0.05, 0.1) is 6.16 Å². The van der Waals surface area contributed by atoms with Crippen molar-refractivity contribution >= 4 is 27.0 Å². The number of thioether (sulfide) groups is 1. The fourth-order valence-electron chi connectivity index (χ4n) is 2.28. The Kier molecular flexibility index (Phi) is 8.09. The van der Waals surface area contributed by atoms with E-state index in [2.05, 4.69) is 9.46 Å². The molecule has 0 aliphatic rings. The van der Waals surface area contributed by atoms with Crippen LogP contribution in [0.15, 0.2) is 48.5 Å². The number of hydrogen-bond acceptors (Lipinski definition) is 5. The molecule has 6 nitrogen and oxygen atoms in total. The van der Waals surface area contributed by atoms with E-state index in [4.69, 9.17) is 9.79 Å². The Morgan fingerprint density at radius 2 is 1.24 bits per heavy atom. The summed E-state index contributed by atoms with van der Waals surface area (Å²) in [6.07, 6.45) is -0.570. The molecule has 160 valence electrons. The van der Waals surface area contributed by atoms with Gasteiger partial charge in [0.25, 0.3) is 0 Å². The van der Waals surface area contributed by atoms with Gasteiger partial charge in [0, 0.05) is 17.1 Å². The lowest BCUT2D eigenvalue weighted by Gasteiger charge is -2.18. The van der Waals surface area contributed by atoms with E-state index in [9.17, 15) is 27.0 Å². The van der Waals surface area contributed by atoms with Crippen molar-refractivity contribution in [1.29, 1.82) is 0 Å². The third-order valence-corrected chi connectivity index (χ3v) is 7.05. The fraction of sp³-hybridized carbons (Fsp3) is 0.250. The highest BCUT2D eigenvalue weighted by molar-refractivity contribution is 7.97. The average Bonchev–Trinajstić information content (AvgIpc) is 2.69. The van der Waals surface area contributed by atoms with Crippen molar-refractivity contribution in [2.45, 2.75) is 23.3 Å². The maximum Gasteiger partial charge on any atom is 0.399 e. The molecule has 0 aliphatic carbocycles. The molecule has 0 radical (unpaired) electrons. The van der Waals surface area contributed by atoms with Crippen LogP contribution in [0.4, 0.5) is 17.8 Å². The smallest absolute Gasteiger partial charge is 0.320 e. The van der Waals surface area contributed by atoms with Gasteiger partial charge in [-0.2, -0.15) is 20.5 Å². The Labute approximate surface area is 167 Å². The lowest BCUT2D eigenvalue weighted by atomic mass is 10.1. The molecular formula is C16H16F4O6P2S. The first-order chi connectivity index (χ1) is 13.5. The molecule has 2 rings (SSSR count).